The van der Waals surface area contributed by atoms with Crippen LogP contribution in [0.2, 0.25) is 5.02 Å². The number of rotatable bonds is 3. The second kappa shape index (κ2) is 4.95. The predicted octanol–water partition coefficient (Wildman–Crippen LogP) is 0.565. The molecular formula is C9H10ClNO3. The van der Waals surface area contributed by atoms with Gasteiger partial charge in [0, 0.05) is 5.02 Å². The van der Waals surface area contributed by atoms with E-state index in [1.165, 1.54) is 0 Å². The van der Waals surface area contributed by atoms with Crippen LogP contribution in [0.1, 0.15) is 0 Å². The van der Waals surface area contributed by atoms with E-state index in [2.05, 4.69) is 0 Å². The van der Waals surface area contributed by atoms with Crippen LogP contribution in [0.4, 0.5) is 0 Å². The zero-order chi connectivity index (χ0) is 10.6. The highest BCUT2D eigenvalue weighted by Crippen LogP contribution is 2.15. The van der Waals surface area contributed by atoms with Crippen LogP contribution in [0.3, 0.4) is 0 Å². The predicted molar refractivity (Wildman–Crippen MR) is 52.1 cm³/mol. The van der Waals surface area contributed by atoms with Crippen LogP contribution in [-0.2, 0) is 4.79 Å². The molecule has 0 saturated carbocycles. The lowest BCUT2D eigenvalue weighted by Gasteiger charge is -2.07. The maximum Gasteiger partial charge on any atom is 0.330 e. The fourth-order valence-electron chi connectivity index (χ4n) is 0.769. The summed E-state index contributed by atoms with van der Waals surface area (Å²) in [6, 6.07) is 5.27. The SMILES string of the molecule is N[C@@H](CO)C(=O)Oc1ccc(Cl)cc1. The van der Waals surface area contributed by atoms with E-state index in [1.54, 1.807) is 24.3 Å². The molecule has 14 heavy (non-hydrogen) atoms. The van der Waals surface area contributed by atoms with Crippen LogP contribution in [0, 0.1) is 0 Å². The number of aliphatic hydroxyl groups excluding tert-OH is 1. The molecule has 0 unspecified atom stereocenters. The Kier molecular flexibility index (Phi) is 3.88. The lowest BCUT2D eigenvalue weighted by molar-refractivity contribution is -0.136. The van der Waals surface area contributed by atoms with E-state index in [4.69, 9.17) is 27.2 Å². The zero-order valence-electron chi connectivity index (χ0n) is 7.31. The maximum atomic E-state index is 11.1. The number of hydrogen-bond donors (Lipinski definition) is 2. The third-order valence-electron chi connectivity index (χ3n) is 1.53. The number of benzene rings is 1. The zero-order valence-corrected chi connectivity index (χ0v) is 8.07. The first-order valence-electron chi connectivity index (χ1n) is 3.97. The second-order valence-electron chi connectivity index (χ2n) is 2.66. The Morgan fingerprint density at radius 3 is 2.57 bits per heavy atom. The van der Waals surface area contributed by atoms with Gasteiger partial charge in [-0.1, -0.05) is 11.6 Å². The number of ether oxygens (including phenoxy) is 1. The highest BCUT2D eigenvalue weighted by atomic mass is 35.5. The van der Waals surface area contributed by atoms with Gasteiger partial charge in [-0.15, -0.1) is 0 Å². The molecule has 0 amide bonds. The Morgan fingerprint density at radius 1 is 1.50 bits per heavy atom. The van der Waals surface area contributed by atoms with Crippen molar-refractivity contribution in [2.45, 2.75) is 6.04 Å². The van der Waals surface area contributed by atoms with E-state index >= 15 is 0 Å². The van der Waals surface area contributed by atoms with Crippen LogP contribution < -0.4 is 10.5 Å². The Hall–Kier alpha value is -1.10. The Morgan fingerprint density at radius 2 is 2.07 bits per heavy atom. The van der Waals surface area contributed by atoms with Crippen LogP contribution in [-0.4, -0.2) is 23.7 Å². The molecule has 3 N–H and O–H groups in total. The molecule has 76 valence electrons. The molecule has 0 bridgehead atoms. The molecule has 0 heterocycles. The number of esters is 1. The van der Waals surface area contributed by atoms with E-state index in [0.717, 1.165) is 0 Å². The van der Waals surface area contributed by atoms with Crippen molar-refractivity contribution in [3.8, 4) is 5.75 Å². The molecule has 0 radical (unpaired) electrons. The van der Waals surface area contributed by atoms with Gasteiger partial charge in [-0.2, -0.15) is 0 Å². The molecule has 0 saturated heterocycles. The summed E-state index contributed by atoms with van der Waals surface area (Å²) in [5, 5.41) is 9.13. The Balaban J connectivity index is 2.60. The van der Waals surface area contributed by atoms with E-state index < -0.39 is 18.6 Å². The summed E-state index contributed by atoms with van der Waals surface area (Å²) in [5.74, 6) is -0.321. The van der Waals surface area contributed by atoms with Crippen LogP contribution in [0.25, 0.3) is 0 Å². The molecule has 0 aliphatic heterocycles. The van der Waals surface area contributed by atoms with Gasteiger partial charge in [-0.3, -0.25) is 0 Å². The first-order valence-corrected chi connectivity index (χ1v) is 4.35. The van der Waals surface area contributed by atoms with Crippen LogP contribution in [0.5, 0.6) is 5.75 Å². The van der Waals surface area contributed by atoms with Gasteiger partial charge in [-0.25, -0.2) is 4.79 Å². The van der Waals surface area contributed by atoms with Gasteiger partial charge in [0.05, 0.1) is 6.61 Å². The number of carbonyl (C=O) groups excluding carboxylic acids is 1. The summed E-state index contributed by atoms with van der Waals surface area (Å²) >= 11 is 5.63. The lowest BCUT2D eigenvalue weighted by Crippen LogP contribution is -2.37. The molecule has 1 rings (SSSR count). The van der Waals surface area contributed by atoms with E-state index in [0.29, 0.717) is 10.8 Å². The minimum absolute atomic E-state index is 0.350. The van der Waals surface area contributed by atoms with Gasteiger partial charge in [0.2, 0.25) is 0 Å². The van der Waals surface area contributed by atoms with Crippen molar-refractivity contribution in [3.63, 3.8) is 0 Å². The average Bonchev–Trinajstić information content (AvgIpc) is 2.20. The molecule has 5 heteroatoms. The van der Waals surface area contributed by atoms with Crippen molar-refractivity contribution in [1.29, 1.82) is 0 Å². The van der Waals surface area contributed by atoms with Gasteiger partial charge in [0.1, 0.15) is 11.8 Å². The molecule has 1 aromatic carbocycles. The number of halogens is 1. The number of carbonyl (C=O) groups is 1. The summed E-state index contributed by atoms with van der Waals surface area (Å²) in [7, 11) is 0. The lowest BCUT2D eigenvalue weighted by atomic mass is 10.3. The minimum atomic E-state index is -1.01. The molecule has 0 aromatic heterocycles. The molecule has 1 aromatic rings. The van der Waals surface area contributed by atoms with Crippen molar-refractivity contribution in [3.05, 3.63) is 29.3 Å². The Bertz CT molecular complexity index is 312. The van der Waals surface area contributed by atoms with Gasteiger partial charge in [-0.05, 0) is 24.3 Å². The third-order valence-corrected chi connectivity index (χ3v) is 1.78. The molecule has 1 atom stereocenters. The molecule has 0 aliphatic rings. The molecule has 0 aliphatic carbocycles. The van der Waals surface area contributed by atoms with Crippen molar-refractivity contribution < 1.29 is 14.6 Å². The quantitative estimate of drug-likeness (QED) is 0.571. The fraction of sp³-hybridized carbons (Fsp3) is 0.222. The number of aliphatic hydroxyl groups is 1. The summed E-state index contributed by atoms with van der Waals surface area (Å²) < 4.78 is 4.84. The standard InChI is InChI=1S/C9H10ClNO3/c10-6-1-3-7(4-2-6)14-9(13)8(11)5-12/h1-4,8,12H,5,11H2/t8-/m0/s1. The van der Waals surface area contributed by atoms with Crippen LogP contribution >= 0.6 is 11.6 Å². The second-order valence-corrected chi connectivity index (χ2v) is 3.10. The number of nitrogens with two attached hydrogens (primary N) is 1. The summed E-state index contributed by atoms with van der Waals surface area (Å²) in [6.45, 7) is -0.438. The van der Waals surface area contributed by atoms with Gasteiger partial charge < -0.3 is 15.6 Å². The van der Waals surface area contributed by atoms with Gasteiger partial charge in [0.25, 0.3) is 0 Å². The number of hydrogen-bond acceptors (Lipinski definition) is 4. The van der Waals surface area contributed by atoms with Gasteiger partial charge in [0.15, 0.2) is 0 Å². The van der Waals surface area contributed by atoms with Gasteiger partial charge >= 0.3 is 5.97 Å². The average molecular weight is 216 g/mol. The first-order chi connectivity index (χ1) is 6.63. The van der Waals surface area contributed by atoms with Crippen molar-refractivity contribution in [2.24, 2.45) is 5.73 Å². The highest BCUT2D eigenvalue weighted by molar-refractivity contribution is 6.30. The smallest absolute Gasteiger partial charge is 0.330 e. The molecular weight excluding hydrogens is 206 g/mol. The molecule has 4 nitrogen and oxygen atoms in total. The largest absolute Gasteiger partial charge is 0.425 e. The molecule has 0 spiro atoms. The third kappa shape index (κ3) is 2.99. The Labute approximate surface area is 86.2 Å². The van der Waals surface area contributed by atoms with Crippen molar-refractivity contribution in [1.82, 2.24) is 0 Å². The normalized spacial score (nSPS) is 12.2. The maximum absolute atomic E-state index is 11.1. The van der Waals surface area contributed by atoms with E-state index in [9.17, 15) is 4.79 Å². The fourth-order valence-corrected chi connectivity index (χ4v) is 0.895. The highest BCUT2D eigenvalue weighted by Gasteiger charge is 2.14. The summed E-state index contributed by atoms with van der Waals surface area (Å²) in [6.07, 6.45) is 0. The van der Waals surface area contributed by atoms with E-state index in [1.807, 2.05) is 0 Å². The monoisotopic (exact) mass is 215 g/mol. The summed E-state index contributed by atoms with van der Waals surface area (Å²) in [5.41, 5.74) is 5.24. The summed E-state index contributed by atoms with van der Waals surface area (Å²) in [4.78, 5) is 11.1. The molecule has 0 fully saturated rings. The van der Waals surface area contributed by atoms with E-state index in [-0.39, 0.29) is 0 Å². The van der Waals surface area contributed by atoms with Crippen LogP contribution in [0.15, 0.2) is 24.3 Å². The van der Waals surface area contributed by atoms with Crippen molar-refractivity contribution in [2.75, 3.05) is 6.61 Å². The minimum Gasteiger partial charge on any atom is -0.425 e. The van der Waals surface area contributed by atoms with Crippen molar-refractivity contribution >= 4 is 17.6 Å². The topological polar surface area (TPSA) is 72.5 Å². The first kappa shape index (κ1) is 11.0.